The molecule has 1 aliphatic rings. The van der Waals surface area contributed by atoms with E-state index in [-0.39, 0.29) is 47.9 Å². The second-order valence-corrected chi connectivity index (χ2v) is 12.9. The first-order valence-corrected chi connectivity index (χ1v) is 17.2. The van der Waals surface area contributed by atoms with E-state index < -0.39 is 47.6 Å². The summed E-state index contributed by atoms with van der Waals surface area (Å²) in [4.78, 5) is 28.5. The molecule has 54 heavy (non-hydrogen) atoms. The maximum atomic E-state index is 14.0. The maximum absolute atomic E-state index is 14.0. The van der Waals surface area contributed by atoms with Gasteiger partial charge in [0.15, 0.2) is 18.9 Å². The highest BCUT2D eigenvalue weighted by molar-refractivity contribution is 5.90. The normalized spacial score (nSPS) is 17.1. The van der Waals surface area contributed by atoms with Crippen molar-refractivity contribution in [1.82, 2.24) is 15.0 Å². The highest BCUT2D eigenvalue weighted by atomic mass is 19.4. The lowest BCUT2D eigenvalue weighted by molar-refractivity contribution is -0.687. The van der Waals surface area contributed by atoms with Crippen molar-refractivity contribution in [2.24, 2.45) is 0 Å². The molecule has 3 aromatic heterocycles. The van der Waals surface area contributed by atoms with Gasteiger partial charge in [0.1, 0.15) is 0 Å². The Morgan fingerprint density at radius 1 is 0.907 bits per heavy atom. The van der Waals surface area contributed by atoms with E-state index in [1.165, 1.54) is 18.1 Å². The molecule has 0 unspecified atom stereocenters. The van der Waals surface area contributed by atoms with Gasteiger partial charge in [0, 0.05) is 53.7 Å². The molecule has 6 rings (SSSR count). The summed E-state index contributed by atoms with van der Waals surface area (Å²) in [7, 11) is 1.36. The van der Waals surface area contributed by atoms with Crippen molar-refractivity contribution in [3.8, 4) is 17.0 Å². The summed E-state index contributed by atoms with van der Waals surface area (Å²) in [5.41, 5.74) is -1.78. The van der Waals surface area contributed by atoms with Gasteiger partial charge in [-0.05, 0) is 55.7 Å². The van der Waals surface area contributed by atoms with E-state index in [1.807, 2.05) is 66.3 Å². The number of hydrogen-bond donors (Lipinski definition) is 1. The van der Waals surface area contributed by atoms with Gasteiger partial charge in [-0.3, -0.25) is 4.90 Å². The molecule has 1 amide bonds. The summed E-state index contributed by atoms with van der Waals surface area (Å²) in [5.74, 6) is 0.132. The predicted molar refractivity (Wildman–Crippen MR) is 188 cm³/mol. The van der Waals surface area contributed by atoms with Gasteiger partial charge in [0.2, 0.25) is 11.8 Å². The van der Waals surface area contributed by atoms with Crippen LogP contribution in [0.5, 0.6) is 5.88 Å². The summed E-state index contributed by atoms with van der Waals surface area (Å²) < 4.78 is 97.0. The van der Waals surface area contributed by atoms with Gasteiger partial charge < -0.3 is 14.8 Å². The molecule has 0 saturated heterocycles. The number of anilines is 2. The summed E-state index contributed by atoms with van der Waals surface area (Å²) >= 11 is 0. The zero-order valence-corrected chi connectivity index (χ0v) is 29.6. The fraction of sp³-hybridized carbons (Fsp3) is 0.308. The van der Waals surface area contributed by atoms with Crippen LogP contribution in [0.1, 0.15) is 54.6 Å². The largest absolute Gasteiger partial charge is 0.481 e. The van der Waals surface area contributed by atoms with Crippen LogP contribution >= 0.6 is 0 Å². The molecule has 0 radical (unpaired) electrons. The Morgan fingerprint density at radius 2 is 1.59 bits per heavy atom. The Kier molecular flexibility index (Phi) is 10.8. The Morgan fingerprint density at radius 3 is 2.20 bits per heavy atom. The summed E-state index contributed by atoms with van der Waals surface area (Å²) in [5, 5.41) is 3.26. The van der Waals surface area contributed by atoms with E-state index in [4.69, 9.17) is 9.47 Å². The minimum Gasteiger partial charge on any atom is -0.481 e. The number of amides is 1. The third-order valence-corrected chi connectivity index (χ3v) is 9.21. The highest BCUT2D eigenvalue weighted by Gasteiger charge is 2.48. The quantitative estimate of drug-likeness (QED) is 0.113. The first kappa shape index (κ1) is 38.0. The monoisotopic (exact) mass is 751 g/mol. The number of aromatic nitrogens is 4. The number of benzene rings is 2. The van der Waals surface area contributed by atoms with Crippen LogP contribution in [0.2, 0.25) is 0 Å². The standard InChI is InChI=1S/C39H37F6N6O3/c1-4-31-20-37(19-26-16-29(38(40,41)42)18-30(17-26)39(43,44)45,34-32(13-14-33(48-34)53-3)51(31)36(52)54-5-2)49-35-46-21-28(22-47-35)27-12-9-15-50(24-27)23-25-10-7-6-8-11-25/h6-18,21-22,24,31H,4-5,19-20,23H2,1-3H3,(H,46,47,49)/q+1/t31-,37+/m1/s1. The van der Waals surface area contributed by atoms with Crippen molar-refractivity contribution in [2.75, 3.05) is 23.9 Å². The number of alkyl halides is 6. The van der Waals surface area contributed by atoms with E-state index in [0.717, 1.165) is 11.1 Å². The first-order valence-electron chi connectivity index (χ1n) is 17.2. The molecule has 9 nitrogen and oxygen atoms in total. The average Bonchev–Trinajstić information content (AvgIpc) is 3.14. The molecule has 0 aliphatic carbocycles. The van der Waals surface area contributed by atoms with Crippen LogP contribution in [0.25, 0.3) is 11.1 Å². The summed E-state index contributed by atoms with van der Waals surface area (Å²) in [6.07, 6.45) is -3.89. The van der Waals surface area contributed by atoms with Crippen LogP contribution in [-0.2, 0) is 35.6 Å². The fourth-order valence-corrected chi connectivity index (χ4v) is 6.77. The smallest absolute Gasteiger partial charge is 0.416 e. The minimum atomic E-state index is -5.06. The third-order valence-electron chi connectivity index (χ3n) is 9.21. The molecule has 0 spiro atoms. The van der Waals surface area contributed by atoms with E-state index >= 15 is 0 Å². The molecular formula is C39H37F6N6O3+. The fourth-order valence-electron chi connectivity index (χ4n) is 6.77. The van der Waals surface area contributed by atoms with E-state index in [0.29, 0.717) is 30.7 Å². The molecule has 1 N–H and O–H groups in total. The Bertz CT molecular complexity index is 2060. The zero-order valence-electron chi connectivity index (χ0n) is 29.6. The SMILES string of the molecule is CCOC(=O)N1c2ccc(OC)nc2[C@@](Cc2cc(C(F)(F)F)cc(C(F)(F)F)c2)(Nc2ncc(-c3ccc[n+](Cc4ccccc4)c3)cn2)C[C@H]1CC. The minimum absolute atomic E-state index is 0.0175. The number of hydrogen-bond acceptors (Lipinski definition) is 7. The summed E-state index contributed by atoms with van der Waals surface area (Å²) in [6, 6.07) is 17.6. The van der Waals surface area contributed by atoms with Crippen molar-refractivity contribution in [1.29, 1.82) is 0 Å². The molecule has 0 fully saturated rings. The van der Waals surface area contributed by atoms with E-state index in [9.17, 15) is 31.1 Å². The lowest BCUT2D eigenvalue weighted by atomic mass is 9.76. The molecular weight excluding hydrogens is 714 g/mol. The molecule has 5 aromatic rings. The van der Waals surface area contributed by atoms with Crippen LogP contribution in [0.15, 0.2) is 97.6 Å². The van der Waals surface area contributed by atoms with Crippen LogP contribution in [0, 0.1) is 0 Å². The zero-order chi connectivity index (χ0) is 38.7. The number of nitrogens with one attached hydrogen (secondary N) is 1. The number of fused-ring (bicyclic) bond motifs is 1. The number of carbonyl (C=O) groups excluding carboxylic acids is 1. The number of nitrogens with zero attached hydrogens (tertiary/aromatic N) is 5. The van der Waals surface area contributed by atoms with Crippen molar-refractivity contribution in [3.63, 3.8) is 0 Å². The molecule has 0 bridgehead atoms. The molecule has 2 atom stereocenters. The highest BCUT2D eigenvalue weighted by Crippen LogP contribution is 2.47. The van der Waals surface area contributed by atoms with Gasteiger partial charge in [-0.2, -0.15) is 26.3 Å². The Labute approximate surface area is 307 Å². The van der Waals surface area contributed by atoms with Crippen LogP contribution in [-0.4, -0.2) is 40.8 Å². The van der Waals surface area contributed by atoms with Gasteiger partial charge in [-0.1, -0.05) is 37.3 Å². The van der Waals surface area contributed by atoms with E-state index in [1.54, 1.807) is 25.4 Å². The first-order chi connectivity index (χ1) is 25.7. The molecule has 1 aliphatic heterocycles. The number of pyridine rings is 2. The molecule has 0 saturated carbocycles. The van der Waals surface area contributed by atoms with E-state index in [2.05, 4.69) is 20.3 Å². The number of carbonyl (C=O) groups is 1. The van der Waals surface area contributed by atoms with Crippen molar-refractivity contribution >= 4 is 17.7 Å². The number of methoxy groups -OCH3 is 1. The molecule has 4 heterocycles. The number of rotatable bonds is 10. The van der Waals surface area contributed by atoms with Gasteiger partial charge in [0.25, 0.3) is 0 Å². The van der Waals surface area contributed by atoms with Crippen molar-refractivity contribution < 1.29 is 45.2 Å². The number of ether oxygens (including phenoxy) is 2. The van der Waals surface area contributed by atoms with Crippen LogP contribution in [0.3, 0.4) is 0 Å². The topological polar surface area (TPSA) is 93.3 Å². The van der Waals surface area contributed by atoms with Crippen LogP contribution in [0.4, 0.5) is 42.8 Å². The van der Waals surface area contributed by atoms with Gasteiger partial charge in [-0.15, -0.1) is 0 Å². The lowest BCUT2D eigenvalue weighted by Gasteiger charge is -2.46. The summed E-state index contributed by atoms with van der Waals surface area (Å²) in [6.45, 7) is 4.14. The lowest BCUT2D eigenvalue weighted by Crippen LogP contribution is -2.54. The second-order valence-electron chi connectivity index (χ2n) is 12.9. The van der Waals surface area contributed by atoms with Gasteiger partial charge >= 0.3 is 18.4 Å². The molecule has 15 heteroatoms. The predicted octanol–water partition coefficient (Wildman–Crippen LogP) is 8.62. The van der Waals surface area contributed by atoms with Crippen molar-refractivity contribution in [3.05, 3.63) is 126 Å². The third kappa shape index (κ3) is 8.24. The molecule has 2 aromatic carbocycles. The Hall–Kier alpha value is -5.73. The average molecular weight is 752 g/mol. The second kappa shape index (κ2) is 15.3. The maximum Gasteiger partial charge on any atom is 0.416 e. The number of halogens is 6. The Balaban J connectivity index is 1.46. The molecule has 282 valence electrons. The van der Waals surface area contributed by atoms with Crippen LogP contribution < -0.4 is 19.5 Å². The van der Waals surface area contributed by atoms with Crippen molar-refractivity contribution in [2.45, 2.75) is 63.6 Å². The van der Waals surface area contributed by atoms with Gasteiger partial charge in [-0.25, -0.2) is 24.3 Å². The van der Waals surface area contributed by atoms with Gasteiger partial charge in [0.05, 0.1) is 41.8 Å².